The van der Waals surface area contributed by atoms with Crippen LogP contribution >= 0.6 is 22.9 Å². The Balaban J connectivity index is 2.27. The SMILES string of the molecule is O=C([O-])CCc1nc2cc(Cl)ccc2s1. The van der Waals surface area contributed by atoms with Gasteiger partial charge in [-0.15, -0.1) is 11.3 Å². The fourth-order valence-corrected chi connectivity index (χ4v) is 2.38. The molecule has 3 nitrogen and oxygen atoms in total. The van der Waals surface area contributed by atoms with Crippen molar-refractivity contribution >= 4 is 39.1 Å². The molecule has 0 aliphatic rings. The van der Waals surface area contributed by atoms with Crippen molar-refractivity contribution in [3.05, 3.63) is 28.2 Å². The number of rotatable bonds is 3. The van der Waals surface area contributed by atoms with E-state index < -0.39 is 5.97 Å². The molecule has 1 aromatic heterocycles. The number of hydrogen-bond acceptors (Lipinski definition) is 4. The smallest absolute Gasteiger partial charge is 0.0942 e. The summed E-state index contributed by atoms with van der Waals surface area (Å²) in [6.45, 7) is 0. The molecule has 0 bridgehead atoms. The average molecular weight is 241 g/mol. The van der Waals surface area contributed by atoms with Gasteiger partial charge in [0, 0.05) is 17.4 Å². The van der Waals surface area contributed by atoms with Crippen molar-refractivity contribution in [3.63, 3.8) is 0 Å². The predicted octanol–water partition coefficient (Wildman–Crippen LogP) is 1.63. The second kappa shape index (κ2) is 4.16. The van der Waals surface area contributed by atoms with Crippen LogP contribution in [0.2, 0.25) is 5.02 Å². The number of thiazole rings is 1. The van der Waals surface area contributed by atoms with Crippen LogP contribution in [0.25, 0.3) is 10.2 Å². The van der Waals surface area contributed by atoms with Crippen molar-refractivity contribution in [3.8, 4) is 0 Å². The summed E-state index contributed by atoms with van der Waals surface area (Å²) in [5, 5.41) is 11.7. The van der Waals surface area contributed by atoms with Gasteiger partial charge in [-0.3, -0.25) is 0 Å². The summed E-state index contributed by atoms with van der Waals surface area (Å²) < 4.78 is 1.02. The summed E-state index contributed by atoms with van der Waals surface area (Å²) in [6.07, 6.45) is 0.423. The molecule has 1 heterocycles. The van der Waals surface area contributed by atoms with Gasteiger partial charge in [-0.1, -0.05) is 11.6 Å². The lowest BCUT2D eigenvalue weighted by Gasteiger charge is -1.96. The molecule has 0 unspecified atom stereocenters. The third-order valence-electron chi connectivity index (χ3n) is 1.94. The minimum Gasteiger partial charge on any atom is -0.550 e. The normalized spacial score (nSPS) is 10.7. The summed E-state index contributed by atoms with van der Waals surface area (Å²) >= 11 is 7.30. The fraction of sp³-hybridized carbons (Fsp3) is 0.200. The number of carboxylic acid groups (broad SMARTS) is 1. The molecule has 0 spiro atoms. The van der Waals surface area contributed by atoms with Crippen LogP contribution in [0, 0.1) is 0 Å². The third kappa shape index (κ3) is 2.46. The van der Waals surface area contributed by atoms with Gasteiger partial charge in [0.1, 0.15) is 0 Å². The fourth-order valence-electron chi connectivity index (χ4n) is 1.26. The number of aromatic nitrogens is 1. The summed E-state index contributed by atoms with van der Waals surface area (Å²) in [5.74, 6) is -1.05. The second-order valence-corrected chi connectivity index (χ2v) is 4.64. The van der Waals surface area contributed by atoms with Crippen LogP contribution in [-0.2, 0) is 11.2 Å². The molecule has 0 saturated carbocycles. The summed E-state index contributed by atoms with van der Waals surface area (Å²) in [7, 11) is 0. The Hall–Kier alpha value is -1.13. The molecular weight excluding hydrogens is 234 g/mol. The maximum atomic E-state index is 10.3. The zero-order valence-electron chi connectivity index (χ0n) is 7.70. The summed E-state index contributed by atoms with van der Waals surface area (Å²) in [5.41, 5.74) is 0.820. The van der Waals surface area contributed by atoms with Crippen molar-refractivity contribution < 1.29 is 9.90 Å². The molecule has 0 amide bonds. The van der Waals surface area contributed by atoms with Crippen molar-refractivity contribution in [2.45, 2.75) is 12.8 Å². The molecule has 2 rings (SSSR count). The molecule has 0 aliphatic carbocycles. The second-order valence-electron chi connectivity index (χ2n) is 3.09. The molecule has 0 aliphatic heterocycles. The van der Waals surface area contributed by atoms with Gasteiger partial charge in [0.2, 0.25) is 0 Å². The first-order valence-electron chi connectivity index (χ1n) is 4.40. The van der Waals surface area contributed by atoms with Gasteiger partial charge in [-0.2, -0.15) is 0 Å². The number of halogens is 1. The Labute approximate surface area is 95.3 Å². The minimum atomic E-state index is -1.05. The predicted molar refractivity (Wildman–Crippen MR) is 58.0 cm³/mol. The molecule has 5 heteroatoms. The molecule has 0 atom stereocenters. The van der Waals surface area contributed by atoms with Crippen LogP contribution in [0.5, 0.6) is 0 Å². The van der Waals surface area contributed by atoms with E-state index in [1.807, 2.05) is 6.07 Å². The van der Waals surface area contributed by atoms with E-state index in [9.17, 15) is 9.90 Å². The zero-order chi connectivity index (χ0) is 10.8. The number of carboxylic acids is 1. The number of aliphatic carboxylic acids is 1. The molecule has 0 radical (unpaired) electrons. The van der Waals surface area contributed by atoms with E-state index in [0.717, 1.165) is 15.2 Å². The highest BCUT2D eigenvalue weighted by atomic mass is 35.5. The Morgan fingerprint density at radius 1 is 1.53 bits per heavy atom. The average Bonchev–Trinajstić information content (AvgIpc) is 2.56. The van der Waals surface area contributed by atoms with Gasteiger partial charge in [-0.25, -0.2) is 4.98 Å². The molecular formula is C10H7ClNO2S-. The largest absolute Gasteiger partial charge is 0.550 e. The standard InChI is InChI=1S/C10H8ClNO2S/c11-6-1-2-8-7(5-6)12-9(15-8)3-4-10(13)14/h1-2,5H,3-4H2,(H,13,14)/p-1. The maximum absolute atomic E-state index is 10.3. The zero-order valence-corrected chi connectivity index (χ0v) is 9.27. The van der Waals surface area contributed by atoms with Gasteiger partial charge in [0.25, 0.3) is 0 Å². The number of nitrogens with zero attached hydrogens (tertiary/aromatic N) is 1. The topological polar surface area (TPSA) is 53.0 Å². The van der Waals surface area contributed by atoms with Gasteiger partial charge < -0.3 is 9.90 Å². The molecule has 2 aromatic rings. The first kappa shape index (κ1) is 10.4. The van der Waals surface area contributed by atoms with Crippen LogP contribution in [0.15, 0.2) is 18.2 Å². The third-order valence-corrected chi connectivity index (χ3v) is 3.27. The van der Waals surface area contributed by atoms with E-state index in [1.54, 1.807) is 12.1 Å². The van der Waals surface area contributed by atoms with E-state index in [4.69, 9.17) is 11.6 Å². The highest BCUT2D eigenvalue weighted by Gasteiger charge is 2.04. The first-order chi connectivity index (χ1) is 7.15. The van der Waals surface area contributed by atoms with Gasteiger partial charge >= 0.3 is 0 Å². The quantitative estimate of drug-likeness (QED) is 0.820. The molecule has 1 aromatic carbocycles. The van der Waals surface area contributed by atoms with Crippen molar-refractivity contribution in [1.29, 1.82) is 0 Å². The number of hydrogen-bond donors (Lipinski definition) is 0. The number of carbonyl (C=O) groups excluding carboxylic acids is 1. The van der Waals surface area contributed by atoms with Crippen LogP contribution in [0.1, 0.15) is 11.4 Å². The monoisotopic (exact) mass is 240 g/mol. The molecule has 0 N–H and O–H groups in total. The van der Waals surface area contributed by atoms with E-state index >= 15 is 0 Å². The summed E-state index contributed by atoms with van der Waals surface area (Å²) in [6, 6.07) is 5.46. The Kier molecular flexibility index (Phi) is 2.88. The van der Waals surface area contributed by atoms with Crippen LogP contribution in [0.4, 0.5) is 0 Å². The highest BCUT2D eigenvalue weighted by molar-refractivity contribution is 7.18. The Morgan fingerprint density at radius 2 is 2.33 bits per heavy atom. The molecule has 78 valence electrons. The van der Waals surface area contributed by atoms with E-state index in [2.05, 4.69) is 4.98 Å². The Bertz CT molecular complexity index is 509. The van der Waals surface area contributed by atoms with E-state index in [0.29, 0.717) is 11.4 Å². The summed E-state index contributed by atoms with van der Waals surface area (Å²) in [4.78, 5) is 14.6. The highest BCUT2D eigenvalue weighted by Crippen LogP contribution is 2.25. The lowest BCUT2D eigenvalue weighted by Crippen LogP contribution is -2.22. The number of fused-ring (bicyclic) bond motifs is 1. The van der Waals surface area contributed by atoms with Crippen molar-refractivity contribution in [1.82, 2.24) is 4.98 Å². The minimum absolute atomic E-state index is 0.00749. The maximum Gasteiger partial charge on any atom is 0.0942 e. The van der Waals surface area contributed by atoms with Crippen LogP contribution < -0.4 is 5.11 Å². The van der Waals surface area contributed by atoms with Gasteiger partial charge in [0.05, 0.1) is 15.2 Å². The first-order valence-corrected chi connectivity index (χ1v) is 5.59. The van der Waals surface area contributed by atoms with E-state index in [-0.39, 0.29) is 6.42 Å². The lowest BCUT2D eigenvalue weighted by atomic mass is 10.3. The van der Waals surface area contributed by atoms with E-state index in [1.165, 1.54) is 11.3 Å². The number of carbonyl (C=O) groups is 1. The van der Waals surface area contributed by atoms with Crippen molar-refractivity contribution in [2.75, 3.05) is 0 Å². The van der Waals surface area contributed by atoms with Crippen molar-refractivity contribution in [2.24, 2.45) is 0 Å². The molecule has 0 fully saturated rings. The van der Waals surface area contributed by atoms with Gasteiger partial charge in [-0.05, 0) is 24.6 Å². The number of aryl methyl sites for hydroxylation is 1. The van der Waals surface area contributed by atoms with Crippen LogP contribution in [-0.4, -0.2) is 11.0 Å². The molecule has 15 heavy (non-hydrogen) atoms. The molecule has 0 saturated heterocycles. The Morgan fingerprint density at radius 3 is 3.07 bits per heavy atom. The number of benzene rings is 1. The van der Waals surface area contributed by atoms with Crippen LogP contribution in [0.3, 0.4) is 0 Å². The van der Waals surface area contributed by atoms with Gasteiger partial charge in [0.15, 0.2) is 0 Å². The lowest BCUT2D eigenvalue weighted by molar-refractivity contribution is -0.305.